The molecule has 0 aliphatic carbocycles. The second kappa shape index (κ2) is 9.61. The van der Waals surface area contributed by atoms with E-state index in [-0.39, 0.29) is 5.96 Å². The maximum Gasteiger partial charge on any atom is 0.323 e. The number of rotatable bonds is 11. The van der Waals surface area contributed by atoms with Gasteiger partial charge in [-0.3, -0.25) is 9.79 Å². The van der Waals surface area contributed by atoms with Gasteiger partial charge in [-0.05, 0) is 26.3 Å². The minimum atomic E-state index is -0.855. The number of carboxylic acids is 1. The summed E-state index contributed by atoms with van der Waals surface area (Å²) in [5.74, 6) is -0.746. The molecule has 0 spiro atoms. The molecular weight excluding hydrogens is 244 g/mol. The van der Waals surface area contributed by atoms with Crippen LogP contribution in [-0.4, -0.2) is 36.2 Å². The number of carbonyl (C=O) groups is 1. The van der Waals surface area contributed by atoms with E-state index in [1.165, 1.54) is 0 Å². The third kappa shape index (κ3) is 7.00. The molecule has 19 heavy (non-hydrogen) atoms. The number of nitrogens with two attached hydrogens (primary N) is 2. The number of unbranched alkanes of at least 4 members (excludes halogenated alkanes) is 3. The lowest BCUT2D eigenvalue weighted by molar-refractivity contribution is -0.145. The summed E-state index contributed by atoms with van der Waals surface area (Å²) in [4.78, 5) is 15.4. The van der Waals surface area contributed by atoms with Crippen LogP contribution in [0.2, 0.25) is 0 Å². The van der Waals surface area contributed by atoms with Crippen molar-refractivity contribution in [1.82, 2.24) is 5.32 Å². The first-order valence-electron chi connectivity index (χ1n) is 6.96. The molecule has 1 atom stereocenters. The molecule has 0 aliphatic heterocycles. The number of nitrogens with zero attached hydrogens (tertiary/aromatic N) is 1. The smallest absolute Gasteiger partial charge is 0.323 e. The van der Waals surface area contributed by atoms with E-state index < -0.39 is 11.5 Å². The van der Waals surface area contributed by atoms with E-state index in [1.807, 2.05) is 0 Å². The molecule has 0 saturated carbocycles. The van der Waals surface area contributed by atoms with E-state index in [4.69, 9.17) is 11.5 Å². The summed E-state index contributed by atoms with van der Waals surface area (Å²) >= 11 is 0. The van der Waals surface area contributed by atoms with Crippen LogP contribution >= 0.6 is 0 Å². The predicted octanol–water partition coefficient (Wildman–Crippen LogP) is 1.05. The van der Waals surface area contributed by atoms with Gasteiger partial charge in [0, 0.05) is 6.54 Å². The number of aliphatic imine (C=N–C) groups is 1. The summed E-state index contributed by atoms with van der Waals surface area (Å²) in [6.07, 6.45) is 6.10. The number of hydrogen-bond acceptors (Lipinski definition) is 3. The van der Waals surface area contributed by atoms with Gasteiger partial charge < -0.3 is 21.9 Å². The van der Waals surface area contributed by atoms with Crippen LogP contribution in [0.15, 0.2) is 4.99 Å². The number of nitrogens with one attached hydrogen (secondary N) is 1. The quantitative estimate of drug-likeness (QED) is 0.255. The van der Waals surface area contributed by atoms with E-state index in [0.717, 1.165) is 25.7 Å². The molecule has 0 aromatic rings. The molecule has 0 radical (unpaired) electrons. The van der Waals surface area contributed by atoms with E-state index in [0.29, 0.717) is 25.8 Å². The van der Waals surface area contributed by atoms with Crippen molar-refractivity contribution in [2.75, 3.05) is 13.6 Å². The number of aliphatic carboxylic acids is 1. The maximum atomic E-state index is 11.5. The van der Waals surface area contributed by atoms with Crippen LogP contribution in [0.4, 0.5) is 0 Å². The molecule has 0 rings (SSSR count). The SMILES string of the molecule is CCCCCC[C@@](CCCN=C(N)N)(NC)C(=O)O. The Balaban J connectivity index is 4.33. The van der Waals surface area contributed by atoms with Gasteiger partial charge in [0.05, 0.1) is 0 Å². The van der Waals surface area contributed by atoms with Crippen molar-refractivity contribution < 1.29 is 9.90 Å². The molecule has 0 fully saturated rings. The fraction of sp³-hybridized carbons (Fsp3) is 0.846. The number of hydrogen-bond donors (Lipinski definition) is 4. The fourth-order valence-corrected chi connectivity index (χ4v) is 2.14. The summed E-state index contributed by atoms with van der Waals surface area (Å²) in [6, 6.07) is 0. The normalized spacial score (nSPS) is 13.8. The van der Waals surface area contributed by atoms with Gasteiger partial charge in [0.1, 0.15) is 5.54 Å². The first-order valence-corrected chi connectivity index (χ1v) is 6.96. The monoisotopic (exact) mass is 272 g/mol. The average Bonchev–Trinajstić information content (AvgIpc) is 2.36. The Morgan fingerprint density at radius 3 is 2.32 bits per heavy atom. The average molecular weight is 272 g/mol. The van der Waals surface area contributed by atoms with Crippen LogP contribution in [-0.2, 0) is 4.79 Å². The topological polar surface area (TPSA) is 114 Å². The summed E-state index contributed by atoms with van der Waals surface area (Å²) in [7, 11) is 1.70. The van der Waals surface area contributed by atoms with Crippen molar-refractivity contribution in [2.45, 2.75) is 57.4 Å². The lowest BCUT2D eigenvalue weighted by Crippen LogP contribution is -2.50. The Labute approximate surface area is 115 Å². The van der Waals surface area contributed by atoms with Crippen LogP contribution in [0.1, 0.15) is 51.9 Å². The van der Waals surface area contributed by atoms with Crippen LogP contribution in [0.5, 0.6) is 0 Å². The van der Waals surface area contributed by atoms with E-state index in [1.54, 1.807) is 7.05 Å². The van der Waals surface area contributed by atoms with Gasteiger partial charge in [-0.25, -0.2) is 0 Å². The second-order valence-corrected chi connectivity index (χ2v) is 4.86. The molecule has 0 aromatic carbocycles. The van der Waals surface area contributed by atoms with E-state index in [9.17, 15) is 9.90 Å². The zero-order valence-electron chi connectivity index (χ0n) is 12.1. The highest BCUT2D eigenvalue weighted by molar-refractivity contribution is 5.78. The van der Waals surface area contributed by atoms with Crippen molar-refractivity contribution in [3.05, 3.63) is 0 Å². The second-order valence-electron chi connectivity index (χ2n) is 4.86. The molecule has 0 aromatic heterocycles. The van der Waals surface area contributed by atoms with Crippen molar-refractivity contribution >= 4 is 11.9 Å². The minimum Gasteiger partial charge on any atom is -0.480 e. The summed E-state index contributed by atoms with van der Waals surface area (Å²) in [6.45, 7) is 2.60. The highest BCUT2D eigenvalue weighted by Gasteiger charge is 2.35. The van der Waals surface area contributed by atoms with Crippen molar-refractivity contribution in [2.24, 2.45) is 16.5 Å². The van der Waals surface area contributed by atoms with Crippen LogP contribution in [0.25, 0.3) is 0 Å². The van der Waals surface area contributed by atoms with E-state index in [2.05, 4.69) is 17.2 Å². The molecule has 112 valence electrons. The molecular formula is C13H28N4O2. The molecule has 0 saturated heterocycles. The van der Waals surface area contributed by atoms with Crippen molar-refractivity contribution in [3.8, 4) is 0 Å². The maximum absolute atomic E-state index is 11.5. The van der Waals surface area contributed by atoms with Gasteiger partial charge >= 0.3 is 5.97 Å². The minimum absolute atomic E-state index is 0.0494. The fourth-order valence-electron chi connectivity index (χ4n) is 2.14. The molecule has 6 N–H and O–H groups in total. The molecule has 6 nitrogen and oxygen atoms in total. The molecule has 0 unspecified atom stereocenters. The molecule has 0 aliphatic rings. The summed E-state index contributed by atoms with van der Waals surface area (Å²) in [5.41, 5.74) is 9.63. The van der Waals surface area contributed by atoms with Gasteiger partial charge in [0.2, 0.25) is 0 Å². The van der Waals surface area contributed by atoms with Crippen LogP contribution in [0.3, 0.4) is 0 Å². The first-order chi connectivity index (χ1) is 8.98. The third-order valence-corrected chi connectivity index (χ3v) is 3.40. The standard InChI is InChI=1S/C13H28N4O2/c1-3-4-5-6-8-13(16-2,11(18)19)9-7-10-17-12(14)15/h16H,3-10H2,1-2H3,(H,18,19)(H4,14,15,17)/t13-/m0/s1. The van der Waals surface area contributed by atoms with Gasteiger partial charge in [-0.2, -0.15) is 0 Å². The van der Waals surface area contributed by atoms with Crippen molar-refractivity contribution in [1.29, 1.82) is 0 Å². The lowest BCUT2D eigenvalue weighted by Gasteiger charge is -2.29. The van der Waals surface area contributed by atoms with Crippen LogP contribution < -0.4 is 16.8 Å². The summed E-state index contributed by atoms with van der Waals surface area (Å²) < 4.78 is 0. The Morgan fingerprint density at radius 1 is 1.21 bits per heavy atom. The molecule has 0 bridgehead atoms. The molecule has 6 heteroatoms. The highest BCUT2D eigenvalue weighted by Crippen LogP contribution is 2.21. The molecule has 0 amide bonds. The largest absolute Gasteiger partial charge is 0.480 e. The van der Waals surface area contributed by atoms with Gasteiger partial charge in [-0.15, -0.1) is 0 Å². The Hall–Kier alpha value is -1.30. The number of guanidine groups is 1. The van der Waals surface area contributed by atoms with Crippen LogP contribution in [0, 0.1) is 0 Å². The lowest BCUT2D eigenvalue weighted by atomic mass is 9.87. The van der Waals surface area contributed by atoms with Gasteiger partial charge in [0.15, 0.2) is 5.96 Å². The Kier molecular flexibility index (Phi) is 8.95. The zero-order chi connectivity index (χ0) is 14.7. The first kappa shape index (κ1) is 17.7. The highest BCUT2D eigenvalue weighted by atomic mass is 16.4. The zero-order valence-corrected chi connectivity index (χ0v) is 12.1. The Morgan fingerprint density at radius 2 is 1.84 bits per heavy atom. The van der Waals surface area contributed by atoms with Gasteiger partial charge in [0.25, 0.3) is 0 Å². The molecule has 0 heterocycles. The van der Waals surface area contributed by atoms with E-state index >= 15 is 0 Å². The summed E-state index contributed by atoms with van der Waals surface area (Å²) in [5, 5.41) is 12.4. The number of likely N-dealkylation sites (N-methyl/N-ethyl adjacent to an activating group) is 1. The third-order valence-electron chi connectivity index (χ3n) is 3.40. The van der Waals surface area contributed by atoms with Gasteiger partial charge in [-0.1, -0.05) is 32.6 Å². The number of carboxylic acid groups (broad SMARTS) is 1. The predicted molar refractivity (Wildman–Crippen MR) is 78.1 cm³/mol. The van der Waals surface area contributed by atoms with Crippen molar-refractivity contribution in [3.63, 3.8) is 0 Å². The Bertz CT molecular complexity index is 290.